The van der Waals surface area contributed by atoms with Crippen molar-refractivity contribution in [1.82, 2.24) is 4.98 Å². The lowest BCUT2D eigenvalue weighted by Gasteiger charge is -2.00. The van der Waals surface area contributed by atoms with Crippen LogP contribution in [0.3, 0.4) is 0 Å². The Morgan fingerprint density at radius 3 is 2.83 bits per heavy atom. The van der Waals surface area contributed by atoms with Gasteiger partial charge >= 0.3 is 5.97 Å². The third-order valence-corrected chi connectivity index (χ3v) is 3.40. The minimum Gasteiger partial charge on any atom is -0.481 e. The number of ketones is 1. The Bertz CT molecular complexity index is 663. The maximum atomic E-state index is 12.1. The van der Waals surface area contributed by atoms with Crippen LogP contribution in [0.5, 0.6) is 0 Å². The molecule has 0 amide bonds. The van der Waals surface area contributed by atoms with Crippen molar-refractivity contribution in [2.24, 2.45) is 11.8 Å². The summed E-state index contributed by atoms with van der Waals surface area (Å²) in [6, 6.07) is 3.07. The van der Waals surface area contributed by atoms with Crippen molar-refractivity contribution in [3.63, 3.8) is 0 Å². The molecule has 1 aromatic heterocycles. The van der Waals surface area contributed by atoms with E-state index in [1.165, 1.54) is 12.5 Å². The third kappa shape index (κ3) is 1.67. The maximum absolute atomic E-state index is 12.1. The van der Waals surface area contributed by atoms with Crippen molar-refractivity contribution in [1.29, 1.82) is 0 Å². The van der Waals surface area contributed by atoms with Gasteiger partial charge in [-0.1, -0.05) is 11.6 Å². The van der Waals surface area contributed by atoms with Crippen molar-refractivity contribution in [3.8, 4) is 0 Å². The normalized spacial score (nSPS) is 22.1. The Balaban J connectivity index is 1.95. The lowest BCUT2D eigenvalue weighted by molar-refractivity contribution is -0.138. The summed E-state index contributed by atoms with van der Waals surface area (Å²) in [5.74, 6) is -2.14. The SMILES string of the molecule is O=C(O)C1CC1C(=O)c1cc(Cl)c2ocnc2c1. The highest BCUT2D eigenvalue weighted by molar-refractivity contribution is 6.35. The van der Waals surface area contributed by atoms with Crippen LogP contribution in [0.15, 0.2) is 22.9 Å². The number of carboxylic acid groups (broad SMARTS) is 1. The topological polar surface area (TPSA) is 80.4 Å². The number of carbonyl (C=O) groups is 2. The van der Waals surface area contributed by atoms with E-state index in [0.29, 0.717) is 28.1 Å². The zero-order valence-corrected chi connectivity index (χ0v) is 9.85. The predicted molar refractivity (Wildman–Crippen MR) is 62.6 cm³/mol. The van der Waals surface area contributed by atoms with Gasteiger partial charge in [0, 0.05) is 11.5 Å². The number of aliphatic carboxylic acids is 1. The molecule has 1 saturated carbocycles. The number of halogens is 1. The molecule has 92 valence electrons. The van der Waals surface area contributed by atoms with Crippen LogP contribution in [-0.2, 0) is 4.79 Å². The highest BCUT2D eigenvalue weighted by Crippen LogP contribution is 2.41. The van der Waals surface area contributed by atoms with Crippen LogP contribution in [0, 0.1) is 11.8 Å². The second-order valence-electron chi connectivity index (χ2n) is 4.31. The second-order valence-corrected chi connectivity index (χ2v) is 4.72. The van der Waals surface area contributed by atoms with Gasteiger partial charge in [0.25, 0.3) is 0 Å². The van der Waals surface area contributed by atoms with E-state index in [2.05, 4.69) is 4.98 Å². The Morgan fingerprint density at radius 1 is 1.39 bits per heavy atom. The van der Waals surface area contributed by atoms with Gasteiger partial charge in [0.15, 0.2) is 17.8 Å². The van der Waals surface area contributed by atoms with Crippen LogP contribution in [0.2, 0.25) is 5.02 Å². The van der Waals surface area contributed by atoms with Gasteiger partial charge in [-0.15, -0.1) is 0 Å². The van der Waals surface area contributed by atoms with E-state index in [0.717, 1.165) is 0 Å². The highest BCUT2D eigenvalue weighted by atomic mass is 35.5. The summed E-state index contributed by atoms with van der Waals surface area (Å²) in [6.07, 6.45) is 1.64. The van der Waals surface area contributed by atoms with Gasteiger partial charge < -0.3 is 9.52 Å². The van der Waals surface area contributed by atoms with Crippen LogP contribution >= 0.6 is 11.6 Å². The molecule has 1 N–H and O–H groups in total. The van der Waals surface area contributed by atoms with Crippen molar-refractivity contribution < 1.29 is 19.1 Å². The molecule has 2 atom stereocenters. The fraction of sp³-hybridized carbons (Fsp3) is 0.250. The molecule has 0 spiro atoms. The van der Waals surface area contributed by atoms with E-state index in [-0.39, 0.29) is 5.78 Å². The summed E-state index contributed by atoms with van der Waals surface area (Å²) in [5, 5.41) is 9.11. The van der Waals surface area contributed by atoms with E-state index in [1.807, 2.05) is 0 Å². The first-order valence-electron chi connectivity index (χ1n) is 5.37. The second kappa shape index (κ2) is 3.81. The molecular weight excluding hydrogens is 258 g/mol. The molecule has 18 heavy (non-hydrogen) atoms. The van der Waals surface area contributed by atoms with Crippen molar-refractivity contribution >= 4 is 34.5 Å². The van der Waals surface area contributed by atoms with Crippen LogP contribution < -0.4 is 0 Å². The number of Topliss-reactive ketones (excluding diaryl/α,β-unsaturated/α-hetero) is 1. The first kappa shape index (κ1) is 11.2. The molecule has 1 heterocycles. The molecule has 2 unspecified atom stereocenters. The molecular formula is C12H8ClNO4. The lowest BCUT2D eigenvalue weighted by Crippen LogP contribution is -2.08. The van der Waals surface area contributed by atoms with Gasteiger partial charge in [-0.05, 0) is 18.6 Å². The summed E-state index contributed by atoms with van der Waals surface area (Å²) >= 11 is 5.97. The first-order valence-corrected chi connectivity index (χ1v) is 5.75. The largest absolute Gasteiger partial charge is 0.481 e. The van der Waals surface area contributed by atoms with Gasteiger partial charge in [0.05, 0.1) is 10.9 Å². The van der Waals surface area contributed by atoms with Crippen LogP contribution in [0.1, 0.15) is 16.8 Å². The molecule has 5 nitrogen and oxygen atoms in total. The number of hydrogen-bond donors (Lipinski definition) is 1. The summed E-state index contributed by atoms with van der Waals surface area (Å²) in [4.78, 5) is 26.7. The molecule has 1 aromatic carbocycles. The zero-order valence-electron chi connectivity index (χ0n) is 9.09. The molecule has 2 aromatic rings. The van der Waals surface area contributed by atoms with Gasteiger partial charge in [-0.3, -0.25) is 9.59 Å². The van der Waals surface area contributed by atoms with E-state index < -0.39 is 17.8 Å². The first-order chi connectivity index (χ1) is 8.58. The number of fused-ring (bicyclic) bond motifs is 1. The van der Waals surface area contributed by atoms with Gasteiger partial charge in [-0.25, -0.2) is 4.98 Å². The number of carboxylic acids is 1. The number of hydrogen-bond acceptors (Lipinski definition) is 4. The smallest absolute Gasteiger partial charge is 0.307 e. The fourth-order valence-corrected chi connectivity index (χ4v) is 2.30. The van der Waals surface area contributed by atoms with Crippen molar-refractivity contribution in [3.05, 3.63) is 29.1 Å². The average molecular weight is 266 g/mol. The monoisotopic (exact) mass is 265 g/mol. The van der Waals surface area contributed by atoms with Crippen LogP contribution in [-0.4, -0.2) is 21.8 Å². The van der Waals surface area contributed by atoms with E-state index >= 15 is 0 Å². The molecule has 0 saturated heterocycles. The van der Waals surface area contributed by atoms with Crippen molar-refractivity contribution in [2.45, 2.75) is 6.42 Å². The van der Waals surface area contributed by atoms with Gasteiger partial charge in [0.1, 0.15) is 5.52 Å². The fourth-order valence-electron chi connectivity index (χ4n) is 2.04. The Labute approximate surface area is 106 Å². The summed E-state index contributed by atoms with van der Waals surface area (Å²) in [5.41, 5.74) is 1.31. The standard InChI is InChI=1S/C12H8ClNO4/c13-8-1-5(2-9-11(8)18-4-14-9)10(15)6-3-7(6)12(16)17/h1-2,4,6-7H,3H2,(H,16,17). The molecule has 0 aliphatic heterocycles. The molecule has 3 rings (SSSR count). The predicted octanol–water partition coefficient (Wildman–Crippen LogP) is 2.38. The Kier molecular flexibility index (Phi) is 2.38. The van der Waals surface area contributed by atoms with E-state index in [4.69, 9.17) is 21.1 Å². The number of oxazole rings is 1. The molecule has 1 fully saturated rings. The molecule has 0 radical (unpaired) electrons. The van der Waals surface area contributed by atoms with E-state index in [9.17, 15) is 9.59 Å². The minimum atomic E-state index is -0.929. The number of rotatable bonds is 3. The maximum Gasteiger partial charge on any atom is 0.307 e. The average Bonchev–Trinajstić information content (AvgIpc) is 2.99. The van der Waals surface area contributed by atoms with Gasteiger partial charge in [0.2, 0.25) is 0 Å². The Morgan fingerprint density at radius 2 is 2.17 bits per heavy atom. The number of carbonyl (C=O) groups excluding carboxylic acids is 1. The highest BCUT2D eigenvalue weighted by Gasteiger charge is 2.48. The Hall–Kier alpha value is -1.88. The molecule has 1 aliphatic rings. The minimum absolute atomic E-state index is 0.200. The summed E-state index contributed by atoms with van der Waals surface area (Å²) < 4.78 is 5.07. The molecule has 0 bridgehead atoms. The van der Waals surface area contributed by atoms with Crippen molar-refractivity contribution in [2.75, 3.05) is 0 Å². The number of nitrogens with zero attached hydrogens (tertiary/aromatic N) is 1. The van der Waals surface area contributed by atoms with Gasteiger partial charge in [-0.2, -0.15) is 0 Å². The van der Waals surface area contributed by atoms with E-state index in [1.54, 1.807) is 6.07 Å². The van der Waals surface area contributed by atoms with Crippen LogP contribution in [0.25, 0.3) is 11.1 Å². The molecule has 6 heteroatoms. The quantitative estimate of drug-likeness (QED) is 0.862. The lowest BCUT2D eigenvalue weighted by atomic mass is 10.1. The third-order valence-electron chi connectivity index (χ3n) is 3.12. The zero-order chi connectivity index (χ0) is 12.9. The summed E-state index contributed by atoms with van der Waals surface area (Å²) in [6.45, 7) is 0. The molecule has 1 aliphatic carbocycles. The number of aromatic nitrogens is 1. The van der Waals surface area contributed by atoms with Crippen LogP contribution in [0.4, 0.5) is 0 Å². The summed E-state index contributed by atoms with van der Waals surface area (Å²) in [7, 11) is 0. The number of benzene rings is 1.